The topological polar surface area (TPSA) is 53.1 Å². The lowest BCUT2D eigenvalue weighted by molar-refractivity contribution is 0.940. The van der Waals surface area contributed by atoms with Gasteiger partial charge >= 0.3 is 0 Å². The molecule has 3 nitrogen and oxygen atoms in total. The van der Waals surface area contributed by atoms with Crippen molar-refractivity contribution in [3.63, 3.8) is 0 Å². The van der Waals surface area contributed by atoms with Crippen LogP contribution in [0.5, 0.6) is 0 Å². The molecule has 0 atom stereocenters. The number of nitrogens with two attached hydrogens (primary N) is 1. The number of rotatable bonds is 4. The number of hydrogen-bond acceptors (Lipinski definition) is 3. The molecule has 0 amide bonds. The quantitative estimate of drug-likeness (QED) is 0.669. The highest BCUT2D eigenvalue weighted by Crippen LogP contribution is 2.24. The van der Waals surface area contributed by atoms with E-state index in [9.17, 15) is 0 Å². The maximum absolute atomic E-state index is 7.36. The van der Waals surface area contributed by atoms with Gasteiger partial charge in [-0.25, -0.2) is 0 Å². The Balaban J connectivity index is 2.09. The zero-order valence-corrected chi connectivity index (χ0v) is 12.4. The van der Waals surface area contributed by atoms with Crippen molar-refractivity contribution >= 4 is 38.8 Å². The van der Waals surface area contributed by atoms with Crippen molar-refractivity contribution in [1.82, 2.24) is 0 Å². The monoisotopic (exact) mass is 323 g/mol. The number of nitrogens with one attached hydrogen (secondary N) is 1. The Kier molecular flexibility index (Phi) is 4.04. The fourth-order valence-corrected chi connectivity index (χ4v) is 3.19. The predicted molar refractivity (Wildman–Crippen MR) is 81.6 cm³/mol. The number of hydrogen-bond donors (Lipinski definition) is 2. The minimum atomic E-state index is 0.103. The lowest BCUT2D eigenvalue weighted by atomic mass is 10.2. The Morgan fingerprint density at radius 1 is 1.28 bits per heavy atom. The molecule has 0 aliphatic carbocycles. The van der Waals surface area contributed by atoms with Gasteiger partial charge in [-0.05, 0) is 52.3 Å². The van der Waals surface area contributed by atoms with Gasteiger partial charge in [0.25, 0.3) is 0 Å². The van der Waals surface area contributed by atoms with Crippen molar-refractivity contribution in [2.75, 3.05) is 11.9 Å². The van der Waals surface area contributed by atoms with Crippen LogP contribution < -0.4 is 10.6 Å². The van der Waals surface area contributed by atoms with Gasteiger partial charge in [-0.1, -0.05) is 0 Å². The fraction of sp³-hybridized carbons (Fsp3) is 0.154. The summed E-state index contributed by atoms with van der Waals surface area (Å²) in [5, 5.41) is 7.36. The molecule has 0 aliphatic rings. The van der Waals surface area contributed by atoms with E-state index < -0.39 is 0 Å². The maximum atomic E-state index is 7.36. The number of thiophene rings is 1. The van der Waals surface area contributed by atoms with Gasteiger partial charge in [0, 0.05) is 23.2 Å². The van der Waals surface area contributed by atoms with Crippen LogP contribution >= 0.6 is 27.3 Å². The average Bonchev–Trinajstić information content (AvgIpc) is 2.75. The largest absolute Gasteiger partial charge is 0.384 e. The molecule has 0 aliphatic heterocycles. The summed E-state index contributed by atoms with van der Waals surface area (Å²) in [4.78, 5) is 3.47. The number of anilines is 1. The molecule has 1 aromatic carbocycles. The molecule has 1 aromatic heterocycles. The number of benzene rings is 1. The Labute approximate surface area is 119 Å². The van der Waals surface area contributed by atoms with E-state index in [1.807, 2.05) is 24.3 Å². The molecule has 0 saturated heterocycles. The normalized spacial score (nSPS) is 10.3. The van der Waals surface area contributed by atoms with Crippen LogP contribution in [0.3, 0.4) is 0 Å². The molecule has 3 N–H and O–H groups in total. The van der Waals surface area contributed by atoms with Gasteiger partial charge in [0.05, 0.1) is 10.3 Å². The van der Waals surface area contributed by atoms with Gasteiger partial charge in [0.1, 0.15) is 5.84 Å². The summed E-state index contributed by atoms with van der Waals surface area (Å²) in [6.07, 6.45) is 0. The molecule has 94 valence electrons. The highest BCUT2D eigenvalue weighted by molar-refractivity contribution is 9.11. The van der Waals surface area contributed by atoms with E-state index >= 15 is 0 Å². The zero-order valence-electron chi connectivity index (χ0n) is 9.98. The second-order valence-electron chi connectivity index (χ2n) is 4.02. The maximum Gasteiger partial charge on any atom is 0.122 e. The first kappa shape index (κ1) is 13.1. The standard InChI is InChI=1S/C13H14BrN3S/c1-17(8-11-6-7-12(14)18-11)10-4-2-9(3-5-10)13(15)16/h2-7H,8H2,1H3,(H3,15,16). The molecule has 0 spiro atoms. The van der Waals surface area contributed by atoms with E-state index in [1.165, 1.54) is 4.88 Å². The van der Waals surface area contributed by atoms with Gasteiger partial charge in [-0.3, -0.25) is 5.41 Å². The van der Waals surface area contributed by atoms with Gasteiger partial charge < -0.3 is 10.6 Å². The molecule has 18 heavy (non-hydrogen) atoms. The molecule has 1 heterocycles. The highest BCUT2D eigenvalue weighted by Gasteiger charge is 2.05. The van der Waals surface area contributed by atoms with Crippen molar-refractivity contribution in [3.05, 3.63) is 50.6 Å². The first-order chi connectivity index (χ1) is 8.56. The number of nitrogen functional groups attached to an aromatic ring is 1. The van der Waals surface area contributed by atoms with E-state index in [1.54, 1.807) is 11.3 Å². The molecule has 2 aromatic rings. The van der Waals surface area contributed by atoms with Crippen LogP contribution in [0.25, 0.3) is 0 Å². The van der Waals surface area contributed by atoms with Crippen LogP contribution in [0.4, 0.5) is 5.69 Å². The van der Waals surface area contributed by atoms with Gasteiger partial charge in [-0.2, -0.15) is 0 Å². The summed E-state index contributed by atoms with van der Waals surface area (Å²) >= 11 is 5.21. The summed E-state index contributed by atoms with van der Waals surface area (Å²) in [5.74, 6) is 0.103. The molecule has 0 radical (unpaired) electrons. The molecule has 5 heteroatoms. The first-order valence-corrected chi connectivity index (χ1v) is 7.07. The zero-order chi connectivity index (χ0) is 13.1. The predicted octanol–water partition coefficient (Wildman–Crippen LogP) is 3.43. The van der Waals surface area contributed by atoms with Crippen LogP contribution in [-0.4, -0.2) is 12.9 Å². The third-order valence-corrected chi connectivity index (χ3v) is 4.25. The Bertz CT molecular complexity index is 548. The highest BCUT2D eigenvalue weighted by atomic mass is 79.9. The Hall–Kier alpha value is -1.33. The summed E-state index contributed by atoms with van der Waals surface area (Å²) in [5.41, 5.74) is 7.30. The van der Waals surface area contributed by atoms with Crippen LogP contribution in [0.15, 0.2) is 40.2 Å². The minimum Gasteiger partial charge on any atom is -0.384 e. The number of nitrogens with zero attached hydrogens (tertiary/aromatic N) is 1. The van der Waals surface area contributed by atoms with Gasteiger partial charge in [0.15, 0.2) is 0 Å². The lowest BCUT2D eigenvalue weighted by Gasteiger charge is -2.18. The van der Waals surface area contributed by atoms with Crippen LogP contribution in [0.1, 0.15) is 10.4 Å². The van der Waals surface area contributed by atoms with Crippen molar-refractivity contribution in [2.24, 2.45) is 5.73 Å². The molecular weight excluding hydrogens is 310 g/mol. The Morgan fingerprint density at radius 3 is 2.44 bits per heavy atom. The van der Waals surface area contributed by atoms with Crippen molar-refractivity contribution in [2.45, 2.75) is 6.54 Å². The van der Waals surface area contributed by atoms with Gasteiger partial charge in [0.2, 0.25) is 0 Å². The molecule has 2 rings (SSSR count). The third kappa shape index (κ3) is 3.11. The average molecular weight is 324 g/mol. The third-order valence-electron chi connectivity index (χ3n) is 2.64. The summed E-state index contributed by atoms with van der Waals surface area (Å²) in [6.45, 7) is 0.871. The summed E-state index contributed by atoms with van der Waals surface area (Å²) in [7, 11) is 2.05. The van der Waals surface area contributed by atoms with Crippen LogP contribution in [0, 0.1) is 5.41 Å². The smallest absolute Gasteiger partial charge is 0.122 e. The molecule has 0 unspecified atom stereocenters. The van der Waals surface area contributed by atoms with Crippen molar-refractivity contribution in [3.8, 4) is 0 Å². The molecule has 0 fully saturated rings. The van der Waals surface area contributed by atoms with E-state index in [2.05, 4.69) is 40.0 Å². The second kappa shape index (κ2) is 5.54. The van der Waals surface area contributed by atoms with Crippen LogP contribution in [0.2, 0.25) is 0 Å². The minimum absolute atomic E-state index is 0.103. The fourth-order valence-electron chi connectivity index (χ4n) is 1.66. The lowest BCUT2D eigenvalue weighted by Crippen LogP contribution is -2.16. The Morgan fingerprint density at radius 2 is 1.94 bits per heavy atom. The summed E-state index contributed by atoms with van der Waals surface area (Å²) in [6, 6.07) is 11.9. The van der Waals surface area contributed by atoms with E-state index in [0.29, 0.717) is 0 Å². The van der Waals surface area contributed by atoms with Crippen molar-refractivity contribution in [1.29, 1.82) is 5.41 Å². The molecule has 0 bridgehead atoms. The summed E-state index contributed by atoms with van der Waals surface area (Å²) < 4.78 is 1.15. The van der Waals surface area contributed by atoms with E-state index in [0.717, 1.165) is 21.6 Å². The van der Waals surface area contributed by atoms with Gasteiger partial charge in [-0.15, -0.1) is 11.3 Å². The van der Waals surface area contributed by atoms with Crippen molar-refractivity contribution < 1.29 is 0 Å². The van der Waals surface area contributed by atoms with Crippen LogP contribution in [-0.2, 0) is 6.54 Å². The second-order valence-corrected chi connectivity index (χ2v) is 6.57. The first-order valence-electron chi connectivity index (χ1n) is 5.46. The number of halogens is 1. The SMILES string of the molecule is CN(Cc1ccc(Br)s1)c1ccc(C(=N)N)cc1. The molecule has 0 saturated carbocycles. The van der Waals surface area contributed by atoms with E-state index in [4.69, 9.17) is 11.1 Å². The number of amidine groups is 1. The van der Waals surface area contributed by atoms with E-state index in [-0.39, 0.29) is 5.84 Å². The molecular formula is C13H14BrN3S.